The SMILES string of the molecule is CO[C@@H]1CN(C)C(=O)c2cc(NC(=O)Nc3ccccc3F)ccc2OC[C@@H](C)N(Cc2ccccc2C(=O)O)C[C@H]1C. The van der Waals surface area contributed by atoms with Gasteiger partial charge < -0.3 is 30.1 Å². The molecule has 4 rings (SSSR count). The molecule has 1 aliphatic heterocycles. The average Bonchev–Trinajstić information content (AvgIpc) is 2.98. The lowest BCUT2D eigenvalue weighted by atomic mass is 10.00. The number of hydrogen-bond donors (Lipinski definition) is 3. The number of carboxylic acids is 1. The van der Waals surface area contributed by atoms with E-state index in [2.05, 4.69) is 15.5 Å². The van der Waals surface area contributed by atoms with Crippen molar-refractivity contribution in [3.8, 4) is 5.75 Å². The molecule has 3 aromatic rings. The molecule has 0 aromatic heterocycles. The highest BCUT2D eigenvalue weighted by Gasteiger charge is 2.29. The van der Waals surface area contributed by atoms with Gasteiger partial charge in [0.15, 0.2) is 0 Å². The Morgan fingerprint density at radius 3 is 2.49 bits per heavy atom. The number of anilines is 2. The summed E-state index contributed by atoms with van der Waals surface area (Å²) < 4.78 is 26.0. The number of ether oxygens (including phenoxy) is 2. The number of para-hydroxylation sites is 1. The number of likely N-dealkylation sites (N-methyl/N-ethyl adjacent to an activating group) is 1. The van der Waals surface area contributed by atoms with Crippen LogP contribution in [0, 0.1) is 11.7 Å². The number of hydrogen-bond acceptors (Lipinski definition) is 6. The number of rotatable bonds is 6. The maximum atomic E-state index is 14.0. The van der Waals surface area contributed by atoms with E-state index < -0.39 is 17.8 Å². The number of aromatic carboxylic acids is 1. The smallest absolute Gasteiger partial charge is 0.336 e. The fourth-order valence-electron chi connectivity index (χ4n) is 5.08. The minimum absolute atomic E-state index is 0.0198. The van der Waals surface area contributed by atoms with E-state index in [-0.39, 0.29) is 53.9 Å². The van der Waals surface area contributed by atoms with Crippen molar-refractivity contribution in [2.75, 3.05) is 44.5 Å². The van der Waals surface area contributed by atoms with E-state index in [0.717, 1.165) is 0 Å². The largest absolute Gasteiger partial charge is 0.491 e. The minimum Gasteiger partial charge on any atom is -0.491 e. The Balaban J connectivity index is 1.61. The highest BCUT2D eigenvalue weighted by molar-refractivity contribution is 6.02. The van der Waals surface area contributed by atoms with E-state index in [1.165, 1.54) is 24.3 Å². The zero-order chi connectivity index (χ0) is 31.1. The van der Waals surface area contributed by atoms with Crippen molar-refractivity contribution >= 4 is 29.3 Å². The van der Waals surface area contributed by atoms with Gasteiger partial charge in [0.25, 0.3) is 5.91 Å². The van der Waals surface area contributed by atoms with Gasteiger partial charge in [-0.1, -0.05) is 37.3 Å². The highest BCUT2D eigenvalue weighted by Crippen LogP contribution is 2.27. The molecule has 43 heavy (non-hydrogen) atoms. The second-order valence-corrected chi connectivity index (χ2v) is 10.8. The van der Waals surface area contributed by atoms with Crippen LogP contribution in [0.15, 0.2) is 66.7 Å². The first kappa shape index (κ1) is 31.5. The van der Waals surface area contributed by atoms with Gasteiger partial charge in [0, 0.05) is 45.5 Å². The van der Waals surface area contributed by atoms with E-state index in [0.29, 0.717) is 30.1 Å². The Kier molecular flexibility index (Phi) is 10.3. The maximum Gasteiger partial charge on any atom is 0.336 e. The van der Waals surface area contributed by atoms with Crippen LogP contribution < -0.4 is 15.4 Å². The van der Waals surface area contributed by atoms with Crippen molar-refractivity contribution in [2.45, 2.75) is 32.5 Å². The lowest BCUT2D eigenvalue weighted by Gasteiger charge is -2.36. The van der Waals surface area contributed by atoms with Crippen molar-refractivity contribution in [2.24, 2.45) is 5.92 Å². The molecule has 1 heterocycles. The number of halogens is 1. The van der Waals surface area contributed by atoms with Gasteiger partial charge in [0.05, 0.1) is 22.9 Å². The van der Waals surface area contributed by atoms with Crippen LogP contribution >= 0.6 is 0 Å². The normalized spacial score (nSPS) is 19.8. The van der Waals surface area contributed by atoms with E-state index in [4.69, 9.17) is 9.47 Å². The number of methoxy groups -OCH3 is 1. The summed E-state index contributed by atoms with van der Waals surface area (Å²) in [5, 5.41) is 14.8. The number of amides is 3. The second kappa shape index (κ2) is 14.1. The fourth-order valence-corrected chi connectivity index (χ4v) is 5.08. The first-order valence-electron chi connectivity index (χ1n) is 14.0. The molecule has 0 aliphatic carbocycles. The van der Waals surface area contributed by atoms with Crippen molar-refractivity contribution in [3.05, 3.63) is 89.2 Å². The van der Waals surface area contributed by atoms with Gasteiger partial charge in [0.1, 0.15) is 18.2 Å². The van der Waals surface area contributed by atoms with Gasteiger partial charge in [-0.2, -0.15) is 0 Å². The molecule has 0 radical (unpaired) electrons. The Morgan fingerprint density at radius 2 is 1.77 bits per heavy atom. The summed E-state index contributed by atoms with van der Waals surface area (Å²) in [7, 11) is 3.28. The molecule has 10 nitrogen and oxygen atoms in total. The lowest BCUT2D eigenvalue weighted by molar-refractivity contribution is 0.00915. The van der Waals surface area contributed by atoms with Crippen LogP contribution in [0.4, 0.5) is 20.6 Å². The maximum absolute atomic E-state index is 14.0. The van der Waals surface area contributed by atoms with Crippen LogP contribution in [-0.2, 0) is 11.3 Å². The molecular formula is C32H37FN4O6. The molecule has 0 saturated heterocycles. The lowest BCUT2D eigenvalue weighted by Crippen LogP contribution is -2.46. The van der Waals surface area contributed by atoms with Gasteiger partial charge in [-0.15, -0.1) is 0 Å². The van der Waals surface area contributed by atoms with Crippen molar-refractivity contribution in [1.29, 1.82) is 0 Å². The number of carbonyl (C=O) groups is 3. The summed E-state index contributed by atoms with van der Waals surface area (Å²) >= 11 is 0. The topological polar surface area (TPSA) is 120 Å². The third-order valence-corrected chi connectivity index (χ3v) is 7.57. The average molecular weight is 593 g/mol. The number of carbonyl (C=O) groups excluding carboxylic acids is 2. The second-order valence-electron chi connectivity index (χ2n) is 10.8. The summed E-state index contributed by atoms with van der Waals surface area (Å²) in [6, 6.07) is 16.6. The number of fused-ring (bicyclic) bond motifs is 1. The van der Waals surface area contributed by atoms with Crippen LogP contribution in [0.2, 0.25) is 0 Å². The zero-order valence-corrected chi connectivity index (χ0v) is 24.7. The molecule has 0 unspecified atom stereocenters. The molecule has 11 heteroatoms. The standard InChI is InChI=1S/C32H37FN4O6/c1-20-16-37(17-22-9-5-6-10-24(22)31(39)40)21(2)19-43-28-14-13-23(15-25(28)30(38)36(3)18-29(20)42-4)34-32(41)35-27-12-8-7-11-26(27)33/h5-15,20-21,29H,16-19H2,1-4H3,(H,39,40)(H2,34,35,41)/t20-,21-,29-/m1/s1. The number of carboxylic acid groups (broad SMARTS) is 1. The van der Waals surface area contributed by atoms with E-state index in [1.807, 2.05) is 26.0 Å². The van der Waals surface area contributed by atoms with Crippen molar-refractivity contribution < 1.29 is 33.4 Å². The first-order valence-corrected chi connectivity index (χ1v) is 14.0. The Morgan fingerprint density at radius 1 is 1.05 bits per heavy atom. The predicted molar refractivity (Wildman–Crippen MR) is 161 cm³/mol. The molecule has 3 N–H and O–H groups in total. The fraction of sp³-hybridized carbons (Fsp3) is 0.344. The van der Waals surface area contributed by atoms with E-state index in [1.54, 1.807) is 49.4 Å². The summed E-state index contributed by atoms with van der Waals surface area (Å²) in [5.41, 5.74) is 1.51. The molecule has 3 aromatic carbocycles. The zero-order valence-electron chi connectivity index (χ0n) is 24.7. The number of nitrogens with zero attached hydrogens (tertiary/aromatic N) is 2. The minimum atomic E-state index is -0.988. The van der Waals surface area contributed by atoms with Gasteiger partial charge in [-0.3, -0.25) is 9.69 Å². The van der Waals surface area contributed by atoms with Crippen molar-refractivity contribution in [1.82, 2.24) is 9.80 Å². The Bertz CT molecular complexity index is 1470. The van der Waals surface area contributed by atoms with Crippen LogP contribution in [0.5, 0.6) is 5.75 Å². The Hall–Kier alpha value is -4.48. The third kappa shape index (κ3) is 7.88. The van der Waals surface area contributed by atoms with Gasteiger partial charge in [-0.25, -0.2) is 14.0 Å². The van der Waals surface area contributed by atoms with Crippen LogP contribution in [0.3, 0.4) is 0 Å². The van der Waals surface area contributed by atoms with Gasteiger partial charge in [0.2, 0.25) is 0 Å². The molecule has 1 aliphatic rings. The van der Waals surface area contributed by atoms with Crippen LogP contribution in [0.1, 0.15) is 40.1 Å². The molecule has 0 bridgehead atoms. The van der Waals surface area contributed by atoms with Crippen LogP contribution in [-0.4, -0.2) is 78.8 Å². The van der Waals surface area contributed by atoms with Gasteiger partial charge >= 0.3 is 12.0 Å². The van der Waals surface area contributed by atoms with E-state index in [9.17, 15) is 23.9 Å². The molecular weight excluding hydrogens is 555 g/mol. The Labute approximate surface area is 250 Å². The van der Waals surface area contributed by atoms with E-state index >= 15 is 0 Å². The molecule has 0 saturated carbocycles. The number of benzene rings is 3. The highest BCUT2D eigenvalue weighted by atomic mass is 19.1. The third-order valence-electron chi connectivity index (χ3n) is 7.57. The summed E-state index contributed by atoms with van der Waals surface area (Å²) in [5.74, 6) is -1.57. The van der Waals surface area contributed by atoms with Crippen LogP contribution in [0.25, 0.3) is 0 Å². The summed E-state index contributed by atoms with van der Waals surface area (Å²) in [4.78, 5) is 41.8. The summed E-state index contributed by atoms with van der Waals surface area (Å²) in [6.45, 7) is 5.48. The molecule has 228 valence electrons. The first-order chi connectivity index (χ1) is 20.6. The number of nitrogens with one attached hydrogen (secondary N) is 2. The predicted octanol–water partition coefficient (Wildman–Crippen LogP) is 5.17. The quantitative estimate of drug-likeness (QED) is 0.361. The molecule has 3 amide bonds. The van der Waals surface area contributed by atoms with Crippen molar-refractivity contribution in [3.63, 3.8) is 0 Å². The number of urea groups is 1. The summed E-state index contributed by atoms with van der Waals surface area (Å²) in [6.07, 6.45) is -0.310. The van der Waals surface area contributed by atoms with Gasteiger partial charge in [-0.05, 0) is 54.8 Å². The molecule has 0 spiro atoms. The molecule has 0 fully saturated rings. The molecule has 3 atom stereocenters. The monoisotopic (exact) mass is 592 g/mol.